The molecular weight excluding hydrogens is 731 g/mol. The molecule has 1 aliphatic rings. The van der Waals surface area contributed by atoms with E-state index in [2.05, 4.69) is 156 Å². The maximum absolute atomic E-state index is 4.93. The van der Waals surface area contributed by atoms with Crippen LogP contribution in [0, 0.1) is 0 Å². The number of fused-ring (bicyclic) bond motifs is 2. The summed E-state index contributed by atoms with van der Waals surface area (Å²) < 4.78 is 0. The van der Waals surface area contributed by atoms with E-state index in [9.17, 15) is 0 Å². The normalized spacial score (nSPS) is 13.0. The fourth-order valence-electron chi connectivity index (χ4n) is 6.92. The average Bonchev–Trinajstić information content (AvgIpc) is 3.77. The average molecular weight is 783 g/mol. The molecule has 6 aromatic carbocycles. The van der Waals surface area contributed by atoms with Crippen LogP contribution in [-0.2, 0) is 32.7 Å². The quantitative estimate of drug-likeness (QED) is 0.121. The summed E-state index contributed by atoms with van der Waals surface area (Å²) in [4.78, 5) is 0. The van der Waals surface area contributed by atoms with E-state index < -0.39 is 20.8 Å². The molecule has 0 aliphatic heterocycles. The molecule has 4 heteroatoms. The molecule has 0 unspecified atom stereocenters. The molecule has 0 amide bonds. The van der Waals surface area contributed by atoms with E-state index in [-0.39, 0.29) is 5.41 Å². The number of hydrogen-bond acceptors (Lipinski definition) is 0. The fraction of sp³-hybridized carbons (Fsp3) is 0.333. The van der Waals surface area contributed by atoms with Gasteiger partial charge in [-0.1, -0.05) is 138 Å². The zero-order valence-electron chi connectivity index (χ0n) is 30.3. The van der Waals surface area contributed by atoms with Crippen molar-refractivity contribution in [1.82, 2.24) is 0 Å². The topological polar surface area (TPSA) is 0 Å². The van der Waals surface area contributed by atoms with Crippen molar-refractivity contribution < 1.29 is 20.8 Å². The fourth-order valence-corrected chi connectivity index (χ4v) is 6.92. The van der Waals surface area contributed by atoms with Crippen molar-refractivity contribution in [3.05, 3.63) is 132 Å². The molecule has 0 N–H and O–H groups in total. The number of aryl methyl sites for hydroxylation is 1. The molecule has 0 heterocycles. The minimum atomic E-state index is -0.826. The van der Waals surface area contributed by atoms with Gasteiger partial charge in [-0.15, -0.1) is 63.5 Å². The molecule has 1 fully saturated rings. The van der Waals surface area contributed by atoms with Crippen molar-refractivity contribution in [2.24, 2.45) is 0 Å². The molecule has 0 aromatic heterocycles. The Morgan fingerprint density at radius 2 is 1.29 bits per heavy atom. The number of halogens is 2. The van der Waals surface area contributed by atoms with Crippen LogP contribution < -0.4 is 0 Å². The Balaban J connectivity index is 0.000000194. The Bertz CT molecular complexity index is 1810. The summed E-state index contributed by atoms with van der Waals surface area (Å²) in [5.41, 5.74) is 9.96. The third-order valence-corrected chi connectivity index (χ3v) is 9.39. The van der Waals surface area contributed by atoms with Gasteiger partial charge in [-0.3, -0.25) is 0 Å². The maximum atomic E-state index is 4.93. The summed E-state index contributed by atoms with van der Waals surface area (Å²) in [6.45, 7) is 13.3. The molecule has 1 aliphatic carbocycles. The first-order valence-electron chi connectivity index (χ1n) is 17.8. The third kappa shape index (κ3) is 11.1. The van der Waals surface area contributed by atoms with Crippen LogP contribution in [0.4, 0.5) is 0 Å². The van der Waals surface area contributed by atoms with Crippen LogP contribution in [0.1, 0.15) is 88.8 Å². The second kappa shape index (κ2) is 20.0. The molecule has 49 heavy (non-hydrogen) atoms. The van der Waals surface area contributed by atoms with Gasteiger partial charge in [-0.05, 0) is 52.8 Å². The van der Waals surface area contributed by atoms with E-state index in [1.54, 1.807) is 5.56 Å². The zero-order chi connectivity index (χ0) is 35.2. The van der Waals surface area contributed by atoms with Crippen molar-refractivity contribution in [2.45, 2.75) is 97.1 Å². The van der Waals surface area contributed by atoms with Crippen LogP contribution in [0.5, 0.6) is 0 Å². The van der Waals surface area contributed by atoms with Crippen LogP contribution in [0.15, 0.2) is 115 Å². The summed E-state index contributed by atoms with van der Waals surface area (Å²) in [5, 5.41) is 5.45. The second-order valence-electron chi connectivity index (χ2n) is 14.1. The van der Waals surface area contributed by atoms with Gasteiger partial charge in [0.15, 0.2) is 0 Å². The van der Waals surface area contributed by atoms with E-state index in [0.29, 0.717) is 0 Å². The molecule has 7 rings (SSSR count). The molecule has 0 nitrogen and oxygen atoms in total. The van der Waals surface area contributed by atoms with Gasteiger partial charge in [-0.25, -0.2) is 0 Å². The van der Waals surface area contributed by atoms with Crippen molar-refractivity contribution in [3.63, 3.8) is 0 Å². The van der Waals surface area contributed by atoms with Gasteiger partial charge in [0.1, 0.15) is 0 Å². The van der Waals surface area contributed by atoms with Gasteiger partial charge >= 0.3 is 37.9 Å². The van der Waals surface area contributed by atoms with E-state index in [4.69, 9.17) is 17.0 Å². The summed E-state index contributed by atoms with van der Waals surface area (Å²) in [7, 11) is 11.0. The first-order valence-corrected chi connectivity index (χ1v) is 26.2. The molecule has 6 aromatic rings. The molecule has 0 bridgehead atoms. The molecule has 0 atom stereocenters. The van der Waals surface area contributed by atoms with E-state index in [1.807, 2.05) is 0 Å². The van der Waals surface area contributed by atoms with Crippen LogP contribution in [0.2, 0.25) is 13.1 Å². The van der Waals surface area contributed by atoms with Gasteiger partial charge in [0.25, 0.3) is 0 Å². The molecule has 254 valence electrons. The summed E-state index contributed by atoms with van der Waals surface area (Å²) >= 11 is -0.826. The standard InChI is InChI=1S/C24H27.C19H19.C2H6Si.2ClH.Zr/c1-2-7-18-16-22-10-6-11-23(24(22)17-18)21-14-12-20(13-15-21)19-8-4-3-5-9-19;1-19(2,3)16-12-10-15(11-13-16)18-9-5-7-14-6-4-8-17(14)18;1-3-2;;;/h6,10-17,19H,2-5,7-9H2,1H3;4-13H,1-3H3;1-2H3;2*1H;/q2*-1;;;;+4/p-2. The zero-order valence-corrected chi connectivity index (χ0v) is 35.2. The molecule has 1 saturated carbocycles. The number of hydrogen-bond donors (Lipinski definition) is 0. The summed E-state index contributed by atoms with van der Waals surface area (Å²) in [6, 6.07) is 42.9. The minimum absolute atomic E-state index is 0.213. The van der Waals surface area contributed by atoms with Crippen molar-refractivity contribution in [1.29, 1.82) is 0 Å². The Labute approximate surface area is 317 Å². The monoisotopic (exact) mass is 780 g/mol. The predicted octanol–water partition coefficient (Wildman–Crippen LogP) is 14.9. The van der Waals surface area contributed by atoms with E-state index in [1.165, 1.54) is 99.9 Å². The van der Waals surface area contributed by atoms with Gasteiger partial charge in [0, 0.05) is 9.52 Å². The Hall–Kier alpha value is -2.22. The molecule has 0 saturated heterocycles. The van der Waals surface area contributed by atoms with Gasteiger partial charge < -0.3 is 0 Å². The van der Waals surface area contributed by atoms with Crippen LogP contribution in [0.25, 0.3) is 43.8 Å². The van der Waals surface area contributed by atoms with Crippen molar-refractivity contribution >= 4 is 48.1 Å². The van der Waals surface area contributed by atoms with Gasteiger partial charge in [0.2, 0.25) is 0 Å². The van der Waals surface area contributed by atoms with Crippen molar-refractivity contribution in [3.8, 4) is 22.3 Å². The van der Waals surface area contributed by atoms with E-state index in [0.717, 1.165) is 15.4 Å². The molecular formula is C45H52Cl2SiZr. The Kier molecular flexibility index (Phi) is 16.1. The first-order chi connectivity index (χ1) is 23.7. The van der Waals surface area contributed by atoms with Crippen LogP contribution in [0.3, 0.4) is 0 Å². The SMILES string of the molecule is CC(C)(C)c1ccc(-c2cccc3[cH-]ccc23)cc1.CCCc1cc2c(-c3ccc(C4CCCCC4)cc3)cccc2[cH-]1.C[Si]C.[Cl][Zr+2][Cl]. The Morgan fingerprint density at radius 3 is 1.86 bits per heavy atom. The van der Waals surface area contributed by atoms with Gasteiger partial charge in [0.05, 0.1) is 0 Å². The third-order valence-electron chi connectivity index (χ3n) is 9.39. The van der Waals surface area contributed by atoms with E-state index >= 15 is 0 Å². The molecule has 2 radical (unpaired) electrons. The molecule has 0 spiro atoms. The summed E-state index contributed by atoms with van der Waals surface area (Å²) in [5.74, 6) is 0.790. The predicted molar refractivity (Wildman–Crippen MR) is 218 cm³/mol. The van der Waals surface area contributed by atoms with Crippen molar-refractivity contribution in [2.75, 3.05) is 0 Å². The van der Waals surface area contributed by atoms with Gasteiger partial charge in [-0.2, -0.15) is 18.2 Å². The second-order valence-corrected chi connectivity index (χ2v) is 18.8. The Morgan fingerprint density at radius 1 is 0.735 bits per heavy atom. The summed E-state index contributed by atoms with van der Waals surface area (Å²) in [6.07, 6.45) is 9.36. The van der Waals surface area contributed by atoms with Crippen LogP contribution in [-0.4, -0.2) is 9.52 Å². The number of benzene rings is 4. The number of rotatable bonds is 5. The van der Waals surface area contributed by atoms with Crippen LogP contribution >= 0.6 is 17.0 Å². The first kappa shape index (κ1) is 39.6.